The molecule has 2 saturated heterocycles. The number of para-hydroxylation sites is 1. The average molecular weight is 437 g/mol. The quantitative estimate of drug-likeness (QED) is 0.725. The Morgan fingerprint density at radius 2 is 1.72 bits per heavy atom. The summed E-state index contributed by atoms with van der Waals surface area (Å²) in [5.41, 5.74) is 0.555. The maximum absolute atomic E-state index is 13.5. The van der Waals surface area contributed by atoms with E-state index in [0.29, 0.717) is 5.69 Å². The van der Waals surface area contributed by atoms with E-state index in [2.05, 4.69) is 0 Å². The van der Waals surface area contributed by atoms with Crippen LogP contribution >= 0.6 is 11.6 Å². The zero-order chi connectivity index (χ0) is 20.8. The van der Waals surface area contributed by atoms with Gasteiger partial charge in [-0.2, -0.15) is 0 Å². The van der Waals surface area contributed by atoms with Gasteiger partial charge in [0.2, 0.25) is 5.91 Å². The number of hydrogen-bond donors (Lipinski definition) is 0. The van der Waals surface area contributed by atoms with E-state index in [9.17, 15) is 22.4 Å². The Morgan fingerprint density at radius 3 is 2.38 bits per heavy atom. The summed E-state index contributed by atoms with van der Waals surface area (Å²) in [5.74, 6) is -2.06. The van der Waals surface area contributed by atoms with Crippen LogP contribution in [0.3, 0.4) is 0 Å². The third-order valence-corrected chi connectivity index (χ3v) is 8.26. The fourth-order valence-corrected chi connectivity index (χ4v) is 6.32. The van der Waals surface area contributed by atoms with Crippen LogP contribution in [-0.2, 0) is 14.6 Å². The minimum absolute atomic E-state index is 0.0351. The number of carbonyl (C=O) groups is 2. The van der Waals surface area contributed by atoms with E-state index < -0.39 is 38.1 Å². The topological polar surface area (TPSA) is 74.8 Å². The lowest BCUT2D eigenvalue weighted by molar-refractivity contribution is -0.116. The number of piperidine rings is 1. The number of anilines is 1. The Bertz CT molecular complexity index is 1080. The number of sulfone groups is 1. The monoisotopic (exact) mass is 436 g/mol. The molecule has 2 aliphatic heterocycles. The third kappa shape index (κ3) is 3.20. The van der Waals surface area contributed by atoms with Crippen LogP contribution in [0.25, 0.3) is 0 Å². The Kier molecular flexibility index (Phi) is 4.86. The normalized spacial score (nSPS) is 20.3. The first-order valence-corrected chi connectivity index (χ1v) is 11.1. The van der Waals surface area contributed by atoms with Crippen LogP contribution < -0.4 is 4.90 Å². The van der Waals surface area contributed by atoms with Gasteiger partial charge in [-0.15, -0.1) is 0 Å². The van der Waals surface area contributed by atoms with Gasteiger partial charge in [0.15, 0.2) is 14.7 Å². The molecule has 6 nitrogen and oxygen atoms in total. The van der Waals surface area contributed by atoms with Gasteiger partial charge in [-0.3, -0.25) is 14.5 Å². The van der Waals surface area contributed by atoms with E-state index in [1.54, 1.807) is 30.3 Å². The van der Waals surface area contributed by atoms with Crippen molar-refractivity contribution < 1.29 is 22.4 Å². The van der Waals surface area contributed by atoms with Crippen molar-refractivity contribution in [1.82, 2.24) is 4.90 Å². The fourth-order valence-electron chi connectivity index (χ4n) is 4.11. The van der Waals surface area contributed by atoms with Crippen molar-refractivity contribution in [2.75, 3.05) is 23.7 Å². The molecule has 0 radical (unpaired) electrons. The lowest BCUT2D eigenvalue weighted by atomic mass is 10.00. The minimum Gasteiger partial charge on any atom is -0.338 e. The summed E-state index contributed by atoms with van der Waals surface area (Å²) in [6, 6.07) is 12.2. The van der Waals surface area contributed by atoms with Crippen molar-refractivity contribution in [2.45, 2.75) is 17.7 Å². The Hall–Kier alpha value is -2.45. The number of hydrogen-bond acceptors (Lipinski definition) is 4. The van der Waals surface area contributed by atoms with E-state index in [4.69, 9.17) is 11.6 Å². The molecule has 0 unspecified atom stereocenters. The van der Waals surface area contributed by atoms with Gasteiger partial charge in [-0.25, -0.2) is 12.8 Å². The van der Waals surface area contributed by atoms with E-state index in [-0.39, 0.29) is 36.5 Å². The van der Waals surface area contributed by atoms with Gasteiger partial charge in [-0.05, 0) is 30.3 Å². The Balaban J connectivity index is 1.63. The van der Waals surface area contributed by atoms with Crippen molar-refractivity contribution in [3.05, 3.63) is 64.9 Å². The molecule has 0 bridgehead atoms. The molecular formula is C20H18ClFN2O4S. The maximum Gasteiger partial charge on any atom is 0.255 e. The first kappa shape index (κ1) is 19.8. The number of amides is 2. The number of benzene rings is 2. The number of rotatable bonds is 2. The molecule has 4 rings (SSSR count). The van der Waals surface area contributed by atoms with Gasteiger partial charge >= 0.3 is 0 Å². The van der Waals surface area contributed by atoms with Crippen LogP contribution in [0.1, 0.15) is 23.2 Å². The fraction of sp³-hybridized carbons (Fsp3) is 0.300. The van der Waals surface area contributed by atoms with Crippen molar-refractivity contribution >= 4 is 38.9 Å². The predicted octanol–water partition coefficient (Wildman–Crippen LogP) is 2.87. The maximum atomic E-state index is 13.5. The summed E-state index contributed by atoms with van der Waals surface area (Å²) >= 11 is 6.04. The van der Waals surface area contributed by atoms with E-state index in [1.807, 2.05) is 0 Å². The highest BCUT2D eigenvalue weighted by atomic mass is 35.5. The number of halogens is 2. The molecule has 2 heterocycles. The van der Waals surface area contributed by atoms with Crippen molar-refractivity contribution in [3.8, 4) is 0 Å². The molecule has 9 heteroatoms. The second kappa shape index (κ2) is 7.11. The van der Waals surface area contributed by atoms with E-state index in [1.165, 1.54) is 21.9 Å². The molecule has 0 saturated carbocycles. The third-order valence-electron chi connectivity index (χ3n) is 5.55. The standard InChI is InChI=1S/C20H18ClFN2O4S/c21-17-7-6-14(22)12-16(17)19(26)23-10-8-20(9-11-23)24(15-4-2-1-3-5-15)18(25)13-29(20,27)28/h1-7,12H,8-11,13H2. The molecule has 2 amide bonds. The highest BCUT2D eigenvalue weighted by Gasteiger charge is 2.59. The van der Waals surface area contributed by atoms with Gasteiger partial charge in [0.05, 0.1) is 10.6 Å². The molecule has 1 spiro atoms. The molecule has 2 aromatic rings. The predicted molar refractivity (Wildman–Crippen MR) is 107 cm³/mol. The van der Waals surface area contributed by atoms with Crippen LogP contribution in [0, 0.1) is 5.82 Å². The number of nitrogens with zero attached hydrogens (tertiary/aromatic N) is 2. The zero-order valence-electron chi connectivity index (χ0n) is 15.3. The molecule has 2 aliphatic rings. The van der Waals surface area contributed by atoms with E-state index >= 15 is 0 Å². The van der Waals surface area contributed by atoms with Gasteiger partial charge in [0, 0.05) is 31.6 Å². The highest BCUT2D eigenvalue weighted by Crippen LogP contribution is 2.43. The number of carbonyl (C=O) groups excluding carboxylic acids is 2. The first-order chi connectivity index (χ1) is 13.7. The second-order valence-corrected chi connectivity index (χ2v) is 9.87. The van der Waals surface area contributed by atoms with Crippen molar-refractivity contribution in [2.24, 2.45) is 0 Å². The lowest BCUT2D eigenvalue weighted by Crippen LogP contribution is -2.57. The van der Waals surface area contributed by atoms with Crippen LogP contribution in [-0.4, -0.2) is 48.8 Å². The average Bonchev–Trinajstić information content (AvgIpc) is 2.89. The van der Waals surface area contributed by atoms with Gasteiger partial charge in [0.1, 0.15) is 11.6 Å². The largest absolute Gasteiger partial charge is 0.338 e. The van der Waals surface area contributed by atoms with Crippen LogP contribution in [0.5, 0.6) is 0 Å². The van der Waals surface area contributed by atoms with Crippen LogP contribution in [0.4, 0.5) is 10.1 Å². The molecule has 2 aromatic carbocycles. The summed E-state index contributed by atoms with van der Waals surface area (Å²) in [6.45, 7) is 0.225. The SMILES string of the molecule is O=C(c1cc(F)ccc1Cl)N1CCC2(CC1)N(c1ccccc1)C(=O)CS2(=O)=O. The minimum atomic E-state index is -3.73. The smallest absolute Gasteiger partial charge is 0.255 e. The van der Waals surface area contributed by atoms with Crippen molar-refractivity contribution in [3.63, 3.8) is 0 Å². The molecule has 29 heavy (non-hydrogen) atoms. The summed E-state index contributed by atoms with van der Waals surface area (Å²) < 4.78 is 39.4. The molecule has 152 valence electrons. The van der Waals surface area contributed by atoms with Crippen molar-refractivity contribution in [1.29, 1.82) is 0 Å². The molecular weight excluding hydrogens is 419 g/mol. The van der Waals surface area contributed by atoms with E-state index in [0.717, 1.165) is 6.07 Å². The lowest BCUT2D eigenvalue weighted by Gasteiger charge is -2.43. The second-order valence-electron chi connectivity index (χ2n) is 7.19. The molecule has 2 fully saturated rings. The highest BCUT2D eigenvalue weighted by molar-refractivity contribution is 7.94. The Labute approximate surface area is 172 Å². The van der Waals surface area contributed by atoms with Gasteiger partial charge in [0.25, 0.3) is 5.91 Å². The number of likely N-dealkylation sites (tertiary alicyclic amines) is 1. The van der Waals surface area contributed by atoms with Gasteiger partial charge in [-0.1, -0.05) is 29.8 Å². The molecule has 0 N–H and O–H groups in total. The molecule has 0 atom stereocenters. The van der Waals surface area contributed by atoms with Crippen LogP contribution in [0.15, 0.2) is 48.5 Å². The zero-order valence-corrected chi connectivity index (χ0v) is 16.9. The van der Waals surface area contributed by atoms with Crippen LogP contribution in [0.2, 0.25) is 5.02 Å². The summed E-state index contributed by atoms with van der Waals surface area (Å²) in [7, 11) is -3.73. The molecule has 0 aliphatic carbocycles. The van der Waals surface area contributed by atoms with Gasteiger partial charge < -0.3 is 4.90 Å². The Morgan fingerprint density at radius 1 is 1.07 bits per heavy atom. The molecule has 0 aromatic heterocycles. The summed E-state index contributed by atoms with van der Waals surface area (Å²) in [4.78, 5) is 26.8. The first-order valence-electron chi connectivity index (χ1n) is 9.10. The summed E-state index contributed by atoms with van der Waals surface area (Å²) in [5, 5.41) is 0.131. The summed E-state index contributed by atoms with van der Waals surface area (Å²) in [6.07, 6.45) is 0.156.